The standard InChI is InChI=1S/C25H27F3N4O/c1-16(19-9-12-30-31-19)22-20(7-4-8-21(22)33-25(26,27)28)32-13-10-24(11-14-32)15-17-5-2-3-6-18(17)23(24)29/h2-8,23,30H,1,9-15,29H2/t23-/m1/s1. The zero-order valence-electron chi connectivity index (χ0n) is 18.3. The quantitative estimate of drug-likeness (QED) is 0.695. The number of halogens is 3. The lowest BCUT2D eigenvalue weighted by Gasteiger charge is -2.43. The predicted molar refractivity (Wildman–Crippen MR) is 123 cm³/mol. The van der Waals surface area contributed by atoms with E-state index >= 15 is 0 Å². The van der Waals surface area contributed by atoms with Crippen molar-refractivity contribution >= 4 is 17.0 Å². The molecule has 33 heavy (non-hydrogen) atoms. The molecular formula is C25H27F3N4O. The molecular weight excluding hydrogens is 429 g/mol. The molecule has 1 fully saturated rings. The smallest absolute Gasteiger partial charge is 0.405 e. The van der Waals surface area contributed by atoms with Gasteiger partial charge in [0.05, 0.1) is 5.71 Å². The molecule has 1 saturated heterocycles. The van der Waals surface area contributed by atoms with Gasteiger partial charge in [0.2, 0.25) is 0 Å². The molecule has 2 aromatic rings. The first-order valence-corrected chi connectivity index (χ1v) is 11.2. The molecule has 5 rings (SSSR count). The van der Waals surface area contributed by atoms with Crippen LogP contribution in [0.1, 0.15) is 42.0 Å². The molecule has 5 nitrogen and oxygen atoms in total. The van der Waals surface area contributed by atoms with Crippen LogP contribution in [0.5, 0.6) is 5.75 Å². The van der Waals surface area contributed by atoms with Crippen molar-refractivity contribution in [3.8, 4) is 5.75 Å². The number of ether oxygens (including phenoxy) is 1. The highest BCUT2D eigenvalue weighted by Crippen LogP contribution is 2.51. The fourth-order valence-corrected chi connectivity index (χ4v) is 5.54. The third-order valence-corrected chi connectivity index (χ3v) is 7.26. The monoisotopic (exact) mass is 456 g/mol. The Kier molecular flexibility index (Phi) is 5.35. The van der Waals surface area contributed by atoms with Crippen LogP contribution < -0.4 is 20.8 Å². The lowest BCUT2D eigenvalue weighted by molar-refractivity contribution is -0.274. The van der Waals surface area contributed by atoms with Crippen molar-refractivity contribution in [2.45, 2.75) is 38.1 Å². The first-order chi connectivity index (χ1) is 15.8. The Morgan fingerprint density at radius 3 is 2.58 bits per heavy atom. The zero-order chi connectivity index (χ0) is 23.2. The Labute approximate surface area is 191 Å². The molecule has 0 saturated carbocycles. The van der Waals surface area contributed by atoms with E-state index in [2.05, 4.69) is 38.9 Å². The summed E-state index contributed by atoms with van der Waals surface area (Å²) < 4.78 is 44.0. The fourth-order valence-electron chi connectivity index (χ4n) is 5.54. The SMILES string of the molecule is C=C(C1=NNCC1)c1c(OC(F)(F)F)cccc1N1CCC2(CC1)Cc1ccccc1[C@H]2N. The van der Waals surface area contributed by atoms with Crippen molar-refractivity contribution in [1.82, 2.24) is 5.43 Å². The number of hydrogen-bond acceptors (Lipinski definition) is 5. The molecule has 0 aromatic heterocycles. The van der Waals surface area contributed by atoms with Gasteiger partial charge in [0, 0.05) is 48.9 Å². The maximum atomic E-state index is 13.2. The fraction of sp³-hybridized carbons (Fsp3) is 0.400. The first-order valence-electron chi connectivity index (χ1n) is 11.2. The van der Waals surface area contributed by atoms with Crippen LogP contribution >= 0.6 is 0 Å². The van der Waals surface area contributed by atoms with Gasteiger partial charge in [0.1, 0.15) is 5.75 Å². The number of piperidine rings is 1. The van der Waals surface area contributed by atoms with E-state index in [1.54, 1.807) is 6.07 Å². The maximum Gasteiger partial charge on any atom is 0.573 e. The molecule has 0 unspecified atom stereocenters. The Bertz CT molecular complexity index is 1100. The molecule has 3 aliphatic rings. The number of nitrogens with zero attached hydrogens (tertiary/aromatic N) is 2. The van der Waals surface area contributed by atoms with Crippen LogP contribution in [0.25, 0.3) is 5.57 Å². The van der Waals surface area contributed by atoms with Gasteiger partial charge in [0.15, 0.2) is 0 Å². The first kappa shape index (κ1) is 21.8. The second-order valence-corrected chi connectivity index (χ2v) is 9.10. The molecule has 174 valence electrons. The average Bonchev–Trinajstić information content (AvgIpc) is 3.41. The van der Waals surface area contributed by atoms with Gasteiger partial charge in [-0.05, 0) is 47.9 Å². The van der Waals surface area contributed by atoms with Crippen molar-refractivity contribution in [2.75, 3.05) is 24.5 Å². The molecule has 0 radical (unpaired) electrons. The molecule has 1 aliphatic carbocycles. The number of alkyl halides is 3. The van der Waals surface area contributed by atoms with Gasteiger partial charge < -0.3 is 20.8 Å². The number of hydrazone groups is 1. The molecule has 8 heteroatoms. The molecule has 2 heterocycles. The summed E-state index contributed by atoms with van der Waals surface area (Å²) in [5.74, 6) is -0.246. The van der Waals surface area contributed by atoms with E-state index < -0.39 is 6.36 Å². The van der Waals surface area contributed by atoms with Gasteiger partial charge in [0.25, 0.3) is 0 Å². The maximum absolute atomic E-state index is 13.2. The van der Waals surface area contributed by atoms with Crippen LogP contribution in [0.15, 0.2) is 54.1 Å². The molecule has 1 spiro atoms. The number of hydrogen-bond donors (Lipinski definition) is 2. The minimum absolute atomic E-state index is 0.0170. The van der Waals surface area contributed by atoms with Gasteiger partial charge in [-0.2, -0.15) is 5.10 Å². The van der Waals surface area contributed by atoms with E-state index in [1.165, 1.54) is 17.2 Å². The normalized spacial score (nSPS) is 21.5. The van der Waals surface area contributed by atoms with E-state index in [0.29, 0.717) is 48.6 Å². The summed E-state index contributed by atoms with van der Waals surface area (Å²) in [6.45, 7) is 6.13. The Morgan fingerprint density at radius 1 is 1.15 bits per heavy atom. The minimum atomic E-state index is -4.79. The van der Waals surface area contributed by atoms with Crippen molar-refractivity contribution in [3.05, 3.63) is 65.7 Å². The number of benzene rings is 2. The summed E-state index contributed by atoms with van der Waals surface area (Å²) >= 11 is 0. The highest BCUT2D eigenvalue weighted by molar-refractivity contribution is 6.25. The molecule has 2 aliphatic heterocycles. The van der Waals surface area contributed by atoms with Crippen molar-refractivity contribution in [1.29, 1.82) is 0 Å². The summed E-state index contributed by atoms with van der Waals surface area (Å²) in [6.07, 6.45) is -1.52. The van der Waals surface area contributed by atoms with Crippen LogP contribution in [0, 0.1) is 5.41 Å². The van der Waals surface area contributed by atoms with Crippen LogP contribution in [0.3, 0.4) is 0 Å². The summed E-state index contributed by atoms with van der Waals surface area (Å²) in [4.78, 5) is 2.13. The van der Waals surface area contributed by atoms with E-state index in [1.807, 2.05) is 18.2 Å². The molecule has 1 atom stereocenters. The number of allylic oxidation sites excluding steroid dienone is 1. The van der Waals surface area contributed by atoms with E-state index in [-0.39, 0.29) is 17.2 Å². The third kappa shape index (κ3) is 3.97. The largest absolute Gasteiger partial charge is 0.573 e. The zero-order valence-corrected chi connectivity index (χ0v) is 18.3. The topological polar surface area (TPSA) is 62.9 Å². The summed E-state index contributed by atoms with van der Waals surface area (Å²) in [5.41, 5.74) is 14.2. The lowest BCUT2D eigenvalue weighted by Crippen LogP contribution is -2.44. The van der Waals surface area contributed by atoms with Gasteiger partial charge in [-0.1, -0.05) is 36.9 Å². The van der Waals surface area contributed by atoms with Crippen molar-refractivity contribution in [3.63, 3.8) is 0 Å². The highest BCUT2D eigenvalue weighted by Gasteiger charge is 2.46. The molecule has 0 amide bonds. The number of rotatable bonds is 4. The molecule has 3 N–H and O–H groups in total. The molecule has 0 bridgehead atoms. The van der Waals surface area contributed by atoms with Crippen LogP contribution in [-0.4, -0.2) is 31.7 Å². The Morgan fingerprint density at radius 2 is 1.91 bits per heavy atom. The summed E-state index contributed by atoms with van der Waals surface area (Å²) in [7, 11) is 0. The Hall–Kier alpha value is -3.00. The second kappa shape index (κ2) is 8.09. The number of fused-ring (bicyclic) bond motifs is 1. The van der Waals surface area contributed by atoms with E-state index in [4.69, 9.17) is 5.73 Å². The summed E-state index contributed by atoms with van der Waals surface area (Å²) in [5, 5.41) is 4.22. The molecule has 2 aromatic carbocycles. The van der Waals surface area contributed by atoms with Crippen LogP contribution in [0.4, 0.5) is 18.9 Å². The number of anilines is 1. The predicted octanol–water partition coefficient (Wildman–Crippen LogP) is 4.79. The highest BCUT2D eigenvalue weighted by atomic mass is 19.4. The van der Waals surface area contributed by atoms with Gasteiger partial charge >= 0.3 is 6.36 Å². The average molecular weight is 457 g/mol. The van der Waals surface area contributed by atoms with Crippen molar-refractivity contribution < 1.29 is 17.9 Å². The van der Waals surface area contributed by atoms with Crippen LogP contribution in [-0.2, 0) is 6.42 Å². The Balaban J connectivity index is 1.44. The van der Waals surface area contributed by atoms with Gasteiger partial charge in [-0.15, -0.1) is 13.2 Å². The minimum Gasteiger partial charge on any atom is -0.405 e. The van der Waals surface area contributed by atoms with Gasteiger partial charge in [-0.25, -0.2) is 0 Å². The number of nitrogens with two attached hydrogens (primary N) is 1. The van der Waals surface area contributed by atoms with E-state index in [0.717, 1.165) is 19.3 Å². The lowest BCUT2D eigenvalue weighted by atomic mass is 9.73. The van der Waals surface area contributed by atoms with Crippen molar-refractivity contribution in [2.24, 2.45) is 16.3 Å². The van der Waals surface area contributed by atoms with Gasteiger partial charge in [-0.3, -0.25) is 0 Å². The summed E-state index contributed by atoms with van der Waals surface area (Å²) in [6, 6.07) is 13.1. The number of nitrogens with one attached hydrogen (secondary N) is 1. The third-order valence-electron chi connectivity index (χ3n) is 7.26. The van der Waals surface area contributed by atoms with E-state index in [9.17, 15) is 13.2 Å². The van der Waals surface area contributed by atoms with Crippen LogP contribution in [0.2, 0.25) is 0 Å². The second-order valence-electron chi connectivity index (χ2n) is 9.10.